The summed E-state index contributed by atoms with van der Waals surface area (Å²) in [5.74, 6) is 0.212. The van der Waals surface area contributed by atoms with E-state index in [1.54, 1.807) is 5.01 Å². The van der Waals surface area contributed by atoms with Crippen LogP contribution in [0.1, 0.15) is 23.6 Å². The predicted molar refractivity (Wildman–Crippen MR) is 94.7 cm³/mol. The van der Waals surface area contributed by atoms with E-state index in [4.69, 9.17) is 0 Å². The molecule has 2 heterocycles. The number of hydrazone groups is 1. The fourth-order valence-corrected chi connectivity index (χ4v) is 3.50. The molecule has 0 radical (unpaired) electrons. The highest BCUT2D eigenvalue weighted by atomic mass is 19.1. The van der Waals surface area contributed by atoms with Crippen LogP contribution in [0, 0.1) is 11.7 Å². The second-order valence-corrected chi connectivity index (χ2v) is 6.69. The molecule has 1 saturated heterocycles. The Morgan fingerprint density at radius 2 is 1.80 bits per heavy atom. The molecule has 4 rings (SSSR count). The summed E-state index contributed by atoms with van der Waals surface area (Å²) in [4.78, 5) is 14.6. The molecular weight excluding hydrogens is 317 g/mol. The van der Waals surface area contributed by atoms with Crippen molar-refractivity contribution in [2.75, 3.05) is 13.1 Å². The van der Waals surface area contributed by atoms with Crippen molar-refractivity contribution in [2.24, 2.45) is 11.0 Å². The van der Waals surface area contributed by atoms with Gasteiger partial charge in [-0.25, -0.2) is 14.2 Å². The summed E-state index contributed by atoms with van der Waals surface area (Å²) in [7, 11) is 0. The van der Waals surface area contributed by atoms with Crippen molar-refractivity contribution in [3.8, 4) is 0 Å². The van der Waals surface area contributed by atoms with Gasteiger partial charge in [0.1, 0.15) is 5.82 Å². The molecule has 0 spiro atoms. The molecule has 5 heteroatoms. The molecule has 2 amide bonds. The molecule has 0 N–H and O–H groups in total. The van der Waals surface area contributed by atoms with Crippen molar-refractivity contribution < 1.29 is 9.18 Å². The van der Waals surface area contributed by atoms with Crippen LogP contribution < -0.4 is 0 Å². The Bertz CT molecular complexity index is 769. The van der Waals surface area contributed by atoms with Gasteiger partial charge < -0.3 is 4.90 Å². The minimum atomic E-state index is -0.215. The Balaban J connectivity index is 1.35. The molecule has 4 nitrogen and oxygen atoms in total. The second kappa shape index (κ2) is 6.67. The van der Waals surface area contributed by atoms with Crippen molar-refractivity contribution in [1.29, 1.82) is 0 Å². The molecule has 2 aliphatic rings. The van der Waals surface area contributed by atoms with Crippen LogP contribution in [-0.4, -0.2) is 35.2 Å². The molecule has 1 unspecified atom stereocenters. The number of benzene rings is 2. The predicted octanol–water partition coefficient (Wildman–Crippen LogP) is 3.85. The van der Waals surface area contributed by atoms with E-state index >= 15 is 0 Å². The molecule has 25 heavy (non-hydrogen) atoms. The highest BCUT2D eigenvalue weighted by Gasteiger charge is 2.37. The number of urea groups is 1. The molecule has 0 bridgehead atoms. The van der Waals surface area contributed by atoms with E-state index in [1.807, 2.05) is 53.6 Å². The molecule has 2 aromatic carbocycles. The Morgan fingerprint density at radius 1 is 1.08 bits per heavy atom. The zero-order chi connectivity index (χ0) is 17.2. The maximum Gasteiger partial charge on any atom is 0.341 e. The van der Waals surface area contributed by atoms with E-state index < -0.39 is 0 Å². The minimum Gasteiger partial charge on any atom is -0.322 e. The van der Waals surface area contributed by atoms with Crippen molar-refractivity contribution >= 4 is 12.2 Å². The Kier molecular flexibility index (Phi) is 4.22. The van der Waals surface area contributed by atoms with E-state index in [9.17, 15) is 9.18 Å². The van der Waals surface area contributed by atoms with Crippen LogP contribution in [-0.2, 0) is 6.42 Å². The summed E-state index contributed by atoms with van der Waals surface area (Å²) in [6.45, 7) is 1.45. The SMILES string of the molecule is O=C(N1CC(Cc2ccc(F)cc2)C1)N1N=CCC1c1ccccc1. The van der Waals surface area contributed by atoms with Crippen molar-refractivity contribution in [1.82, 2.24) is 9.91 Å². The van der Waals surface area contributed by atoms with Crippen LogP contribution >= 0.6 is 0 Å². The van der Waals surface area contributed by atoms with Crippen molar-refractivity contribution in [2.45, 2.75) is 18.9 Å². The first-order valence-electron chi connectivity index (χ1n) is 8.60. The Labute approximate surface area is 146 Å². The fraction of sp³-hybridized carbons (Fsp3) is 0.300. The third-order valence-electron chi connectivity index (χ3n) is 4.88. The third kappa shape index (κ3) is 3.27. The fourth-order valence-electron chi connectivity index (χ4n) is 3.50. The second-order valence-electron chi connectivity index (χ2n) is 6.69. The monoisotopic (exact) mass is 337 g/mol. The number of hydrogen-bond donors (Lipinski definition) is 0. The van der Waals surface area contributed by atoms with E-state index in [1.165, 1.54) is 12.1 Å². The van der Waals surface area contributed by atoms with Gasteiger partial charge in [0.2, 0.25) is 0 Å². The number of amides is 2. The van der Waals surface area contributed by atoms with Crippen LogP contribution in [0.4, 0.5) is 9.18 Å². The van der Waals surface area contributed by atoms with Crippen molar-refractivity contribution in [3.05, 3.63) is 71.5 Å². The average Bonchev–Trinajstić information content (AvgIpc) is 3.09. The molecule has 0 saturated carbocycles. The maximum atomic E-state index is 13.0. The van der Waals surface area contributed by atoms with Gasteiger partial charge in [-0.1, -0.05) is 42.5 Å². The number of likely N-dealkylation sites (tertiary alicyclic amines) is 1. The number of carbonyl (C=O) groups is 1. The number of rotatable bonds is 3. The van der Waals surface area contributed by atoms with E-state index in [2.05, 4.69) is 5.10 Å². The smallest absolute Gasteiger partial charge is 0.322 e. The van der Waals surface area contributed by atoms with Crippen LogP contribution in [0.15, 0.2) is 59.7 Å². The summed E-state index contributed by atoms with van der Waals surface area (Å²) in [6, 6.07) is 16.6. The van der Waals surface area contributed by atoms with Crippen LogP contribution in [0.5, 0.6) is 0 Å². The van der Waals surface area contributed by atoms with Gasteiger partial charge in [-0.15, -0.1) is 0 Å². The zero-order valence-electron chi connectivity index (χ0n) is 13.9. The van der Waals surface area contributed by atoms with Gasteiger partial charge >= 0.3 is 6.03 Å². The van der Waals surface area contributed by atoms with Gasteiger partial charge in [0.15, 0.2) is 0 Å². The average molecular weight is 337 g/mol. The summed E-state index contributed by atoms with van der Waals surface area (Å²) >= 11 is 0. The molecule has 2 aliphatic heterocycles. The number of nitrogens with zero attached hydrogens (tertiary/aromatic N) is 3. The molecule has 0 aliphatic carbocycles. The summed E-state index contributed by atoms with van der Waals surface area (Å²) in [6.07, 6.45) is 3.43. The van der Waals surface area contributed by atoms with Gasteiger partial charge in [0.05, 0.1) is 6.04 Å². The van der Waals surface area contributed by atoms with E-state index in [0.29, 0.717) is 5.92 Å². The molecule has 128 valence electrons. The maximum absolute atomic E-state index is 13.0. The molecule has 1 atom stereocenters. The van der Waals surface area contributed by atoms with E-state index in [-0.39, 0.29) is 17.9 Å². The lowest BCUT2D eigenvalue weighted by molar-refractivity contribution is 0.0835. The number of carbonyl (C=O) groups excluding carboxylic acids is 1. The van der Waals surface area contributed by atoms with Gasteiger partial charge in [-0.05, 0) is 35.6 Å². The zero-order valence-corrected chi connectivity index (χ0v) is 13.9. The Morgan fingerprint density at radius 3 is 2.52 bits per heavy atom. The minimum absolute atomic E-state index is 0.00940. The summed E-state index contributed by atoms with van der Waals surface area (Å²) < 4.78 is 13.0. The lowest BCUT2D eigenvalue weighted by Crippen LogP contribution is -2.54. The third-order valence-corrected chi connectivity index (χ3v) is 4.88. The first-order chi connectivity index (χ1) is 12.2. The summed E-state index contributed by atoms with van der Waals surface area (Å²) in [5, 5.41) is 5.89. The van der Waals surface area contributed by atoms with Crippen LogP contribution in [0.3, 0.4) is 0 Å². The lowest BCUT2D eigenvalue weighted by Gasteiger charge is -2.41. The normalized spacial score (nSPS) is 20.0. The number of halogens is 1. The lowest BCUT2D eigenvalue weighted by atomic mass is 9.92. The van der Waals surface area contributed by atoms with Gasteiger partial charge in [-0.3, -0.25) is 0 Å². The molecule has 0 aromatic heterocycles. The standard InChI is InChI=1S/C20H20FN3O/c21-18-8-6-15(7-9-18)12-16-13-23(14-16)20(25)24-19(10-11-22-24)17-4-2-1-3-5-17/h1-9,11,16,19H,10,12-14H2. The van der Waals surface area contributed by atoms with Gasteiger partial charge in [0.25, 0.3) is 0 Å². The quantitative estimate of drug-likeness (QED) is 0.838. The highest BCUT2D eigenvalue weighted by Crippen LogP contribution is 2.31. The highest BCUT2D eigenvalue weighted by molar-refractivity contribution is 5.79. The van der Waals surface area contributed by atoms with Gasteiger partial charge in [0, 0.05) is 25.7 Å². The first kappa shape index (κ1) is 15.8. The summed E-state index contributed by atoms with van der Waals surface area (Å²) in [5.41, 5.74) is 2.22. The van der Waals surface area contributed by atoms with Crippen molar-refractivity contribution in [3.63, 3.8) is 0 Å². The van der Waals surface area contributed by atoms with Crippen LogP contribution in [0.2, 0.25) is 0 Å². The molecular formula is C20H20FN3O. The van der Waals surface area contributed by atoms with Gasteiger partial charge in [-0.2, -0.15) is 5.10 Å². The largest absolute Gasteiger partial charge is 0.341 e. The van der Waals surface area contributed by atoms with Crippen LogP contribution in [0.25, 0.3) is 0 Å². The topological polar surface area (TPSA) is 35.9 Å². The molecule has 1 fully saturated rings. The Hall–Kier alpha value is -2.69. The number of hydrogen-bond acceptors (Lipinski definition) is 2. The molecule has 2 aromatic rings. The van der Waals surface area contributed by atoms with E-state index in [0.717, 1.165) is 37.1 Å². The first-order valence-corrected chi connectivity index (χ1v) is 8.60.